The molecule has 2 atom stereocenters. The number of guanidine groups is 1. The molecule has 40 heavy (non-hydrogen) atoms. The molecule has 0 fully saturated rings. The number of nitrogens with zero attached hydrogens (tertiary/aromatic N) is 3. The Kier molecular flexibility index (Phi) is 9.16. The molecule has 1 aliphatic heterocycles. The zero-order valence-corrected chi connectivity index (χ0v) is 22.6. The first-order valence-corrected chi connectivity index (χ1v) is 13.4. The molecule has 5 N–H and O–H groups in total. The number of amides is 2. The molecule has 0 aromatic heterocycles. The first-order chi connectivity index (χ1) is 19.3. The van der Waals surface area contributed by atoms with Crippen LogP contribution >= 0.6 is 0 Å². The number of carboxylic acids is 1. The second-order valence-electron chi connectivity index (χ2n) is 9.95. The highest BCUT2D eigenvalue weighted by Gasteiger charge is 2.43. The third-order valence-corrected chi connectivity index (χ3v) is 6.99. The maximum atomic E-state index is 14.4. The van der Waals surface area contributed by atoms with Gasteiger partial charge in [-0.3, -0.25) is 24.3 Å². The third kappa shape index (κ3) is 6.48. The molecular formula is C31H35N5O4. The number of carbonyl (C=O) groups excluding carboxylic acids is 2. The number of unbranched alkanes of at least 4 members (excludes halogenated alkanes) is 2. The monoisotopic (exact) mass is 541 g/mol. The Morgan fingerprint density at radius 2 is 1.62 bits per heavy atom. The number of hydrogen-bond acceptors (Lipinski definition) is 4. The third-order valence-electron chi connectivity index (χ3n) is 6.99. The average Bonchev–Trinajstić information content (AvgIpc) is 3.03. The lowest BCUT2D eigenvalue weighted by Crippen LogP contribution is -2.46. The quantitative estimate of drug-likeness (QED) is 0.187. The summed E-state index contributed by atoms with van der Waals surface area (Å²) in [5, 5.41) is 9.60. The van der Waals surface area contributed by atoms with Crippen LogP contribution in [0, 0.1) is 0 Å². The fraction of sp³-hybridized carbons (Fsp3) is 0.290. The van der Waals surface area contributed by atoms with Gasteiger partial charge in [-0.05, 0) is 61.6 Å². The second-order valence-corrected chi connectivity index (χ2v) is 9.95. The number of carboxylic acid groups (broad SMARTS) is 1. The van der Waals surface area contributed by atoms with Crippen LogP contribution in [0.5, 0.6) is 0 Å². The molecule has 0 saturated carbocycles. The van der Waals surface area contributed by atoms with Crippen molar-refractivity contribution < 1.29 is 19.5 Å². The lowest BCUT2D eigenvalue weighted by molar-refractivity contribution is -0.138. The molecular weight excluding hydrogens is 506 g/mol. The van der Waals surface area contributed by atoms with Gasteiger partial charge in [-0.2, -0.15) is 0 Å². The van der Waals surface area contributed by atoms with Crippen LogP contribution in [-0.4, -0.2) is 46.3 Å². The van der Waals surface area contributed by atoms with Crippen molar-refractivity contribution in [2.24, 2.45) is 16.5 Å². The molecule has 0 bridgehead atoms. The van der Waals surface area contributed by atoms with Gasteiger partial charge in [0.05, 0.1) is 17.7 Å². The molecule has 1 heterocycles. The topological polar surface area (TPSA) is 142 Å². The molecule has 2 unspecified atom stereocenters. The van der Waals surface area contributed by atoms with Crippen molar-refractivity contribution in [2.45, 2.75) is 51.1 Å². The van der Waals surface area contributed by atoms with Crippen molar-refractivity contribution in [1.82, 2.24) is 4.90 Å². The summed E-state index contributed by atoms with van der Waals surface area (Å²) in [6.07, 6.45) is 3.07. The van der Waals surface area contributed by atoms with E-state index in [1.165, 1.54) is 4.90 Å². The highest BCUT2D eigenvalue weighted by Crippen LogP contribution is 2.40. The van der Waals surface area contributed by atoms with Gasteiger partial charge in [0.15, 0.2) is 5.96 Å². The first-order valence-electron chi connectivity index (χ1n) is 13.4. The minimum atomic E-state index is -1.04. The minimum absolute atomic E-state index is 0.0808. The van der Waals surface area contributed by atoms with Crippen molar-refractivity contribution in [3.8, 4) is 0 Å². The molecule has 9 nitrogen and oxygen atoms in total. The predicted octanol–water partition coefficient (Wildman–Crippen LogP) is 4.40. The second kappa shape index (κ2) is 12.9. The van der Waals surface area contributed by atoms with Crippen LogP contribution in [-0.2, 0) is 16.0 Å². The molecule has 208 valence electrons. The SMILES string of the molecule is CC(CC(=O)O)N1C(=O)c2cc(CCCCCN=C(N)N)ccc2N(c2ccccc2)C(=O)C1c1ccccc1. The first kappa shape index (κ1) is 28.4. The molecule has 0 aliphatic carbocycles. The number of fused-ring (bicyclic) bond motifs is 1. The van der Waals surface area contributed by atoms with E-state index in [0.29, 0.717) is 29.0 Å². The van der Waals surface area contributed by atoms with Gasteiger partial charge in [0, 0.05) is 18.3 Å². The Labute approximate surface area is 234 Å². The predicted molar refractivity (Wildman–Crippen MR) is 155 cm³/mol. The number of aryl methyl sites for hydroxylation is 1. The van der Waals surface area contributed by atoms with E-state index in [4.69, 9.17) is 11.5 Å². The Morgan fingerprint density at radius 3 is 2.27 bits per heavy atom. The molecule has 0 radical (unpaired) electrons. The standard InChI is InChI=1S/C31H35N5O4/c1-21(19-27(37)38)35-28(23-12-6-2-7-13-23)30(40)36(24-14-8-3-9-15-24)26-17-16-22(20-25(26)29(35)39)11-5-4-10-18-34-31(32)33/h2-3,6-9,12-17,20-21,28H,4-5,10-11,18-19H2,1H3,(H,37,38)(H4,32,33,34). The smallest absolute Gasteiger partial charge is 0.305 e. The van der Waals surface area contributed by atoms with Gasteiger partial charge in [-0.1, -0.05) is 61.0 Å². The normalized spacial score (nSPS) is 15.8. The Balaban J connectivity index is 1.78. The number of aliphatic carboxylic acids is 1. The summed E-state index contributed by atoms with van der Waals surface area (Å²) in [6.45, 7) is 2.24. The lowest BCUT2D eigenvalue weighted by Gasteiger charge is -2.35. The van der Waals surface area contributed by atoms with Crippen LogP contribution < -0.4 is 16.4 Å². The van der Waals surface area contributed by atoms with Crippen LogP contribution in [0.1, 0.15) is 60.1 Å². The Morgan fingerprint density at radius 1 is 0.950 bits per heavy atom. The van der Waals surface area contributed by atoms with Crippen LogP contribution in [0.2, 0.25) is 0 Å². The number of nitrogens with two attached hydrogens (primary N) is 2. The molecule has 1 aliphatic rings. The highest BCUT2D eigenvalue weighted by atomic mass is 16.4. The van der Waals surface area contributed by atoms with Gasteiger partial charge in [0.2, 0.25) is 0 Å². The van der Waals surface area contributed by atoms with Crippen LogP contribution in [0.3, 0.4) is 0 Å². The van der Waals surface area contributed by atoms with E-state index in [0.717, 1.165) is 31.2 Å². The van der Waals surface area contributed by atoms with E-state index in [9.17, 15) is 19.5 Å². The highest BCUT2D eigenvalue weighted by molar-refractivity contribution is 6.14. The number of carbonyl (C=O) groups is 3. The van der Waals surface area contributed by atoms with E-state index in [1.54, 1.807) is 24.0 Å². The molecule has 3 aromatic carbocycles. The molecule has 4 rings (SSSR count). The van der Waals surface area contributed by atoms with E-state index >= 15 is 0 Å². The molecule has 9 heteroatoms. The maximum Gasteiger partial charge on any atom is 0.305 e. The number of rotatable bonds is 11. The average molecular weight is 542 g/mol. The van der Waals surface area contributed by atoms with Gasteiger partial charge in [0.25, 0.3) is 11.8 Å². The van der Waals surface area contributed by atoms with Crippen LogP contribution in [0.25, 0.3) is 0 Å². The zero-order valence-electron chi connectivity index (χ0n) is 22.6. The van der Waals surface area contributed by atoms with Crippen molar-refractivity contribution in [2.75, 3.05) is 11.4 Å². The molecule has 0 spiro atoms. The van der Waals surface area contributed by atoms with E-state index in [-0.39, 0.29) is 24.2 Å². The fourth-order valence-electron chi connectivity index (χ4n) is 5.13. The summed E-state index contributed by atoms with van der Waals surface area (Å²) < 4.78 is 0. The zero-order chi connectivity index (χ0) is 28.6. The summed E-state index contributed by atoms with van der Waals surface area (Å²) in [5.74, 6) is -1.66. The van der Waals surface area contributed by atoms with Crippen molar-refractivity contribution in [3.63, 3.8) is 0 Å². The number of para-hydroxylation sites is 1. The van der Waals surface area contributed by atoms with E-state index < -0.39 is 18.1 Å². The van der Waals surface area contributed by atoms with Crippen LogP contribution in [0.4, 0.5) is 11.4 Å². The molecule has 0 saturated heterocycles. The fourth-order valence-corrected chi connectivity index (χ4v) is 5.13. The lowest BCUT2D eigenvalue weighted by atomic mass is 10.00. The van der Waals surface area contributed by atoms with Crippen molar-refractivity contribution >= 4 is 35.1 Å². The van der Waals surface area contributed by atoms with E-state index in [1.807, 2.05) is 66.7 Å². The number of anilines is 2. The van der Waals surface area contributed by atoms with Gasteiger partial charge < -0.3 is 21.5 Å². The number of aliphatic imine (C=N–C) groups is 1. The Bertz CT molecular complexity index is 1370. The van der Waals surface area contributed by atoms with Gasteiger partial charge in [-0.15, -0.1) is 0 Å². The molecule has 3 aromatic rings. The van der Waals surface area contributed by atoms with E-state index in [2.05, 4.69) is 4.99 Å². The maximum absolute atomic E-state index is 14.4. The van der Waals surface area contributed by atoms with Gasteiger partial charge in [-0.25, -0.2) is 0 Å². The number of benzene rings is 3. The van der Waals surface area contributed by atoms with Crippen LogP contribution in [0.15, 0.2) is 83.9 Å². The summed E-state index contributed by atoms with van der Waals surface area (Å²) in [5.41, 5.74) is 13.8. The molecule has 2 amide bonds. The van der Waals surface area contributed by atoms with Crippen molar-refractivity contribution in [1.29, 1.82) is 0 Å². The summed E-state index contributed by atoms with van der Waals surface area (Å²) in [4.78, 5) is 47.5. The largest absolute Gasteiger partial charge is 0.481 e. The van der Waals surface area contributed by atoms with Gasteiger partial charge in [0.1, 0.15) is 6.04 Å². The summed E-state index contributed by atoms with van der Waals surface area (Å²) in [6, 6.07) is 22.1. The Hall–Kier alpha value is -4.66. The number of hydrogen-bond donors (Lipinski definition) is 3. The summed E-state index contributed by atoms with van der Waals surface area (Å²) in [7, 11) is 0. The van der Waals surface area contributed by atoms with Gasteiger partial charge >= 0.3 is 5.97 Å². The minimum Gasteiger partial charge on any atom is -0.481 e. The van der Waals surface area contributed by atoms with Crippen molar-refractivity contribution in [3.05, 3.63) is 95.6 Å². The summed E-state index contributed by atoms with van der Waals surface area (Å²) >= 11 is 0.